The predicted molar refractivity (Wildman–Crippen MR) is 56.5 cm³/mol. The van der Waals surface area contributed by atoms with Crippen LogP contribution in [0.5, 0.6) is 0 Å². The highest BCUT2D eigenvalue weighted by molar-refractivity contribution is 14.1. The Balaban J connectivity index is 3.52. The van der Waals surface area contributed by atoms with Crippen molar-refractivity contribution in [1.29, 1.82) is 0 Å². The number of aromatic nitrogens is 1. The second-order valence-corrected chi connectivity index (χ2v) is 4.21. The predicted octanol–water partition coefficient (Wildman–Crippen LogP) is 4.38. The number of hydrogen-bond donors (Lipinski definition) is 0. The summed E-state index contributed by atoms with van der Waals surface area (Å²) in [5.41, 5.74) is -2.92. The molecule has 0 saturated heterocycles. The van der Waals surface area contributed by atoms with Crippen molar-refractivity contribution in [3.8, 4) is 0 Å². The van der Waals surface area contributed by atoms with E-state index in [0.29, 0.717) is 0 Å². The molecule has 8 heteroatoms. The van der Waals surface area contributed by atoms with E-state index in [2.05, 4.69) is 4.98 Å². The van der Waals surface area contributed by atoms with Crippen LogP contribution in [0.1, 0.15) is 23.2 Å². The van der Waals surface area contributed by atoms with E-state index < -0.39 is 29.7 Å². The van der Waals surface area contributed by atoms with Crippen LogP contribution in [0.4, 0.5) is 22.0 Å². The Hall–Kier alpha value is -0.180. The highest BCUT2D eigenvalue weighted by Crippen LogP contribution is 2.38. The minimum Gasteiger partial charge on any atom is -0.250 e. The maximum atomic E-state index is 12.6. The van der Waals surface area contributed by atoms with Gasteiger partial charge in [-0.25, -0.2) is 8.78 Å². The van der Waals surface area contributed by atoms with E-state index in [9.17, 15) is 22.0 Å². The van der Waals surface area contributed by atoms with Gasteiger partial charge in [0.15, 0.2) is 5.69 Å². The fraction of sp³-hybridized carbons (Fsp3) is 0.375. The summed E-state index contributed by atoms with van der Waals surface area (Å²) in [6.07, 6.45) is -7.28. The molecule has 0 fully saturated rings. The first kappa shape index (κ1) is 13.9. The third-order valence-corrected chi connectivity index (χ3v) is 2.99. The summed E-state index contributed by atoms with van der Waals surface area (Å²) in [4.78, 5) is 3.01. The van der Waals surface area contributed by atoms with Crippen LogP contribution in [-0.2, 0) is 12.1 Å². The average molecular weight is 371 g/mol. The molecule has 0 aliphatic rings. The molecule has 0 bridgehead atoms. The van der Waals surface area contributed by atoms with Crippen LogP contribution in [0.25, 0.3) is 0 Å². The number of alkyl halides is 6. The Morgan fingerprint density at radius 3 is 2.31 bits per heavy atom. The maximum absolute atomic E-state index is 12.6. The van der Waals surface area contributed by atoms with Crippen LogP contribution < -0.4 is 0 Å². The third kappa shape index (κ3) is 2.73. The monoisotopic (exact) mass is 371 g/mol. The summed E-state index contributed by atoms with van der Waals surface area (Å²) >= 11 is 6.99. The second kappa shape index (κ2) is 4.99. The zero-order valence-corrected chi connectivity index (χ0v) is 10.4. The van der Waals surface area contributed by atoms with E-state index in [1.807, 2.05) is 0 Å². The summed E-state index contributed by atoms with van der Waals surface area (Å²) in [5, 5.41) is 0. The van der Waals surface area contributed by atoms with Gasteiger partial charge in [0.1, 0.15) is 0 Å². The zero-order valence-electron chi connectivity index (χ0n) is 7.45. The van der Waals surface area contributed by atoms with Crippen molar-refractivity contribution < 1.29 is 22.0 Å². The second-order valence-electron chi connectivity index (χ2n) is 2.78. The van der Waals surface area contributed by atoms with Crippen molar-refractivity contribution in [2.24, 2.45) is 0 Å². The molecule has 0 aromatic carbocycles. The molecule has 0 spiro atoms. The van der Waals surface area contributed by atoms with Gasteiger partial charge in [-0.05, 0) is 28.2 Å². The molecule has 0 N–H and O–H groups in total. The first-order valence-electron chi connectivity index (χ1n) is 3.87. The van der Waals surface area contributed by atoms with E-state index in [4.69, 9.17) is 11.6 Å². The molecule has 0 radical (unpaired) electrons. The average Bonchev–Trinajstić information content (AvgIpc) is 2.14. The molecular weight excluding hydrogens is 367 g/mol. The lowest BCUT2D eigenvalue weighted by atomic mass is 10.1. The van der Waals surface area contributed by atoms with Crippen molar-refractivity contribution in [3.63, 3.8) is 0 Å². The van der Waals surface area contributed by atoms with Crippen molar-refractivity contribution in [1.82, 2.24) is 4.98 Å². The maximum Gasteiger partial charge on any atom is 0.433 e. The molecule has 0 atom stereocenters. The first-order valence-corrected chi connectivity index (χ1v) is 5.49. The van der Waals surface area contributed by atoms with Gasteiger partial charge in [-0.2, -0.15) is 13.2 Å². The highest BCUT2D eigenvalue weighted by atomic mass is 127. The summed E-state index contributed by atoms with van der Waals surface area (Å²) in [7, 11) is 0. The quantitative estimate of drug-likeness (QED) is 0.427. The number of pyridine rings is 1. The van der Waals surface area contributed by atoms with Gasteiger partial charge in [-0.15, -0.1) is 11.6 Å². The van der Waals surface area contributed by atoms with Crippen LogP contribution in [0.15, 0.2) is 6.20 Å². The van der Waals surface area contributed by atoms with Crippen molar-refractivity contribution in [2.75, 3.05) is 0 Å². The Morgan fingerprint density at radius 1 is 1.38 bits per heavy atom. The number of rotatable bonds is 2. The number of halogens is 7. The molecule has 0 aliphatic heterocycles. The number of nitrogens with zero attached hydrogens (tertiary/aromatic N) is 1. The molecule has 0 aliphatic carbocycles. The van der Waals surface area contributed by atoms with Crippen LogP contribution in [0, 0.1) is 3.57 Å². The molecule has 0 saturated carbocycles. The smallest absolute Gasteiger partial charge is 0.250 e. The topological polar surface area (TPSA) is 12.9 Å². The standard InChI is InChI=1S/C8H4ClF5IN/c9-1-3-4(15)2-16-6(8(12,13)14)5(3)7(10)11/h2,7H,1H2. The molecule has 1 heterocycles. The first-order chi connectivity index (χ1) is 7.29. The lowest BCUT2D eigenvalue weighted by Crippen LogP contribution is -2.15. The Labute approximate surface area is 106 Å². The molecule has 1 rings (SSSR count). The lowest BCUT2D eigenvalue weighted by molar-refractivity contribution is -0.143. The molecule has 1 nitrogen and oxygen atoms in total. The zero-order chi connectivity index (χ0) is 12.5. The molecule has 0 unspecified atom stereocenters. The Morgan fingerprint density at radius 2 is 1.94 bits per heavy atom. The van der Waals surface area contributed by atoms with Crippen molar-refractivity contribution in [3.05, 3.63) is 26.6 Å². The SMILES string of the molecule is FC(F)c1c(C(F)(F)F)ncc(I)c1CCl. The van der Waals surface area contributed by atoms with Crippen LogP contribution in [0.3, 0.4) is 0 Å². The van der Waals surface area contributed by atoms with Crippen molar-refractivity contribution >= 4 is 34.2 Å². The molecule has 1 aromatic heterocycles. The molecule has 90 valence electrons. The summed E-state index contributed by atoms with van der Waals surface area (Å²) in [6.45, 7) is 0. The van der Waals surface area contributed by atoms with E-state index in [1.54, 1.807) is 22.6 Å². The Bertz CT molecular complexity index is 393. The van der Waals surface area contributed by atoms with Gasteiger partial charge >= 0.3 is 6.18 Å². The Kier molecular flexibility index (Phi) is 4.33. The third-order valence-electron chi connectivity index (χ3n) is 1.80. The van der Waals surface area contributed by atoms with Gasteiger partial charge in [0.25, 0.3) is 6.43 Å². The van der Waals surface area contributed by atoms with Gasteiger partial charge < -0.3 is 0 Å². The van der Waals surface area contributed by atoms with Gasteiger partial charge in [-0.1, -0.05) is 0 Å². The van der Waals surface area contributed by atoms with E-state index in [1.165, 1.54) is 0 Å². The largest absolute Gasteiger partial charge is 0.433 e. The van der Waals surface area contributed by atoms with Crippen LogP contribution in [-0.4, -0.2) is 4.98 Å². The molecule has 0 amide bonds. The number of hydrogen-bond acceptors (Lipinski definition) is 1. The van der Waals surface area contributed by atoms with E-state index >= 15 is 0 Å². The van der Waals surface area contributed by atoms with Crippen molar-refractivity contribution in [2.45, 2.75) is 18.5 Å². The normalized spacial score (nSPS) is 12.2. The summed E-state index contributed by atoms with van der Waals surface area (Å²) < 4.78 is 62.6. The highest BCUT2D eigenvalue weighted by Gasteiger charge is 2.39. The minimum atomic E-state index is -4.91. The fourth-order valence-electron chi connectivity index (χ4n) is 1.14. The van der Waals surface area contributed by atoms with Crippen LogP contribution >= 0.6 is 34.2 Å². The van der Waals surface area contributed by atoms with Gasteiger partial charge in [0.2, 0.25) is 0 Å². The van der Waals surface area contributed by atoms with Gasteiger partial charge in [0, 0.05) is 15.6 Å². The van der Waals surface area contributed by atoms with Gasteiger partial charge in [0.05, 0.1) is 5.56 Å². The van der Waals surface area contributed by atoms with Crippen LogP contribution in [0.2, 0.25) is 0 Å². The molecular formula is C8H4ClF5IN. The van der Waals surface area contributed by atoms with E-state index in [-0.39, 0.29) is 9.13 Å². The molecule has 1 aromatic rings. The fourth-order valence-corrected chi connectivity index (χ4v) is 2.27. The van der Waals surface area contributed by atoms with E-state index in [0.717, 1.165) is 6.20 Å². The van der Waals surface area contributed by atoms with Gasteiger partial charge in [-0.3, -0.25) is 4.98 Å². The summed E-state index contributed by atoms with van der Waals surface area (Å²) in [6, 6.07) is 0. The molecule has 16 heavy (non-hydrogen) atoms. The summed E-state index contributed by atoms with van der Waals surface area (Å²) in [5.74, 6) is -0.413. The minimum absolute atomic E-state index is 0.191. The lowest BCUT2D eigenvalue weighted by Gasteiger charge is -2.15.